The SMILES string of the molecule is CC(NN1CCCCC1)c1ccc(C(=O)O)o1. The summed E-state index contributed by atoms with van der Waals surface area (Å²) in [6.07, 6.45) is 3.70. The molecule has 1 aliphatic rings. The number of aromatic carboxylic acids is 1. The zero-order valence-corrected chi connectivity index (χ0v) is 9.98. The predicted octanol–water partition coefficient (Wildman–Crippen LogP) is 2.03. The second-order valence-electron chi connectivity index (χ2n) is 4.41. The Morgan fingerprint density at radius 3 is 2.71 bits per heavy atom. The maximum absolute atomic E-state index is 10.7. The van der Waals surface area contributed by atoms with Gasteiger partial charge in [0, 0.05) is 13.1 Å². The average Bonchev–Trinajstić information content (AvgIpc) is 2.79. The van der Waals surface area contributed by atoms with Crippen molar-refractivity contribution in [2.75, 3.05) is 13.1 Å². The summed E-state index contributed by atoms with van der Waals surface area (Å²) in [5.41, 5.74) is 3.33. The van der Waals surface area contributed by atoms with Gasteiger partial charge in [-0.2, -0.15) is 0 Å². The number of hydrogen-bond acceptors (Lipinski definition) is 4. The Kier molecular flexibility index (Phi) is 3.81. The van der Waals surface area contributed by atoms with Gasteiger partial charge in [-0.15, -0.1) is 0 Å². The van der Waals surface area contributed by atoms with Crippen LogP contribution in [-0.4, -0.2) is 29.2 Å². The number of rotatable bonds is 4. The molecule has 0 radical (unpaired) electrons. The topological polar surface area (TPSA) is 65.7 Å². The van der Waals surface area contributed by atoms with Gasteiger partial charge >= 0.3 is 5.97 Å². The van der Waals surface area contributed by atoms with E-state index < -0.39 is 5.97 Å². The highest BCUT2D eigenvalue weighted by molar-refractivity contribution is 5.84. The molecule has 0 bridgehead atoms. The molecule has 2 heterocycles. The summed E-state index contributed by atoms with van der Waals surface area (Å²) in [5.74, 6) is -0.373. The monoisotopic (exact) mass is 238 g/mol. The maximum Gasteiger partial charge on any atom is 0.371 e. The molecule has 0 aromatic carbocycles. The smallest absolute Gasteiger partial charge is 0.371 e. The molecule has 0 aliphatic carbocycles. The molecule has 1 aromatic rings. The number of carboxylic acids is 1. The average molecular weight is 238 g/mol. The van der Waals surface area contributed by atoms with Crippen molar-refractivity contribution in [2.24, 2.45) is 0 Å². The molecule has 1 atom stereocenters. The highest BCUT2D eigenvalue weighted by Gasteiger charge is 2.17. The summed E-state index contributed by atoms with van der Waals surface area (Å²) < 4.78 is 5.26. The van der Waals surface area contributed by atoms with Gasteiger partial charge in [-0.1, -0.05) is 6.42 Å². The molecule has 1 saturated heterocycles. The molecule has 5 nitrogen and oxygen atoms in total. The third-order valence-electron chi connectivity index (χ3n) is 3.00. The summed E-state index contributed by atoms with van der Waals surface area (Å²) in [6, 6.07) is 3.21. The first-order valence-electron chi connectivity index (χ1n) is 6.01. The Balaban J connectivity index is 1.93. The van der Waals surface area contributed by atoms with Crippen LogP contribution in [0.3, 0.4) is 0 Å². The fraction of sp³-hybridized carbons (Fsp3) is 0.583. The van der Waals surface area contributed by atoms with Crippen molar-refractivity contribution in [1.82, 2.24) is 10.4 Å². The Labute approximate surface area is 100 Å². The lowest BCUT2D eigenvalue weighted by atomic mass is 10.1. The Hall–Kier alpha value is -1.33. The molecule has 5 heteroatoms. The maximum atomic E-state index is 10.7. The van der Waals surface area contributed by atoms with Crippen LogP contribution < -0.4 is 5.43 Å². The third-order valence-corrected chi connectivity index (χ3v) is 3.00. The van der Waals surface area contributed by atoms with Crippen LogP contribution in [0.25, 0.3) is 0 Å². The summed E-state index contributed by atoms with van der Waals surface area (Å²) in [7, 11) is 0. The van der Waals surface area contributed by atoms with Crippen molar-refractivity contribution in [3.05, 3.63) is 23.7 Å². The minimum Gasteiger partial charge on any atom is -0.475 e. The van der Waals surface area contributed by atoms with E-state index in [1.807, 2.05) is 6.92 Å². The van der Waals surface area contributed by atoms with E-state index in [1.54, 1.807) is 6.07 Å². The van der Waals surface area contributed by atoms with Crippen molar-refractivity contribution in [3.63, 3.8) is 0 Å². The number of nitrogens with zero attached hydrogens (tertiary/aromatic N) is 1. The minimum absolute atomic E-state index is 0.00111. The van der Waals surface area contributed by atoms with E-state index in [0.29, 0.717) is 5.76 Å². The molecule has 1 aromatic heterocycles. The fourth-order valence-corrected chi connectivity index (χ4v) is 2.06. The molecular formula is C12H18N2O3. The highest BCUT2D eigenvalue weighted by Crippen LogP contribution is 2.18. The summed E-state index contributed by atoms with van der Waals surface area (Å²) in [4.78, 5) is 10.7. The van der Waals surface area contributed by atoms with E-state index in [9.17, 15) is 4.79 Å². The van der Waals surface area contributed by atoms with Gasteiger partial charge in [0.1, 0.15) is 5.76 Å². The molecular weight excluding hydrogens is 220 g/mol. The van der Waals surface area contributed by atoms with Crippen LogP contribution in [0.1, 0.15) is 48.5 Å². The Morgan fingerprint density at radius 1 is 1.41 bits per heavy atom. The number of nitrogens with one attached hydrogen (secondary N) is 1. The van der Waals surface area contributed by atoms with Crippen molar-refractivity contribution < 1.29 is 14.3 Å². The molecule has 2 N–H and O–H groups in total. The Bertz CT molecular complexity index is 383. The standard InChI is InChI=1S/C12H18N2O3/c1-9(13-14-7-3-2-4-8-14)10-5-6-11(17-10)12(15)16/h5-6,9,13H,2-4,7-8H2,1H3,(H,15,16). The first-order valence-corrected chi connectivity index (χ1v) is 6.01. The molecule has 1 fully saturated rings. The van der Waals surface area contributed by atoms with Crippen LogP contribution in [-0.2, 0) is 0 Å². The van der Waals surface area contributed by atoms with Crippen LogP contribution >= 0.6 is 0 Å². The number of carboxylic acid groups (broad SMARTS) is 1. The quantitative estimate of drug-likeness (QED) is 0.840. The van der Waals surface area contributed by atoms with E-state index in [2.05, 4.69) is 10.4 Å². The van der Waals surface area contributed by atoms with Gasteiger partial charge < -0.3 is 9.52 Å². The second-order valence-corrected chi connectivity index (χ2v) is 4.41. The first kappa shape index (κ1) is 12.1. The number of furan rings is 1. The molecule has 94 valence electrons. The van der Waals surface area contributed by atoms with E-state index in [1.165, 1.54) is 25.3 Å². The summed E-state index contributed by atoms with van der Waals surface area (Å²) in [6.45, 7) is 4.05. The molecule has 1 aliphatic heterocycles. The van der Waals surface area contributed by atoms with Crippen LogP contribution in [0.2, 0.25) is 0 Å². The van der Waals surface area contributed by atoms with Gasteiger partial charge in [-0.3, -0.25) is 0 Å². The van der Waals surface area contributed by atoms with Gasteiger partial charge in [0.05, 0.1) is 6.04 Å². The number of hydrogen-bond donors (Lipinski definition) is 2. The van der Waals surface area contributed by atoms with Crippen molar-refractivity contribution in [3.8, 4) is 0 Å². The number of hydrazine groups is 1. The Morgan fingerprint density at radius 2 is 2.12 bits per heavy atom. The normalized spacial score (nSPS) is 19.1. The third kappa shape index (κ3) is 3.08. The van der Waals surface area contributed by atoms with Gasteiger partial charge in [0.25, 0.3) is 0 Å². The van der Waals surface area contributed by atoms with Gasteiger partial charge in [-0.25, -0.2) is 15.2 Å². The van der Waals surface area contributed by atoms with E-state index >= 15 is 0 Å². The molecule has 17 heavy (non-hydrogen) atoms. The molecule has 1 unspecified atom stereocenters. The number of carbonyl (C=O) groups is 1. The molecule has 0 saturated carbocycles. The van der Waals surface area contributed by atoms with E-state index in [4.69, 9.17) is 9.52 Å². The first-order chi connectivity index (χ1) is 8.16. The van der Waals surface area contributed by atoms with Crippen molar-refractivity contribution in [2.45, 2.75) is 32.2 Å². The van der Waals surface area contributed by atoms with Crippen LogP contribution in [0.15, 0.2) is 16.5 Å². The van der Waals surface area contributed by atoms with E-state index in [0.717, 1.165) is 13.1 Å². The van der Waals surface area contributed by atoms with Gasteiger partial charge in [-0.05, 0) is 31.9 Å². The highest BCUT2D eigenvalue weighted by atomic mass is 16.4. The van der Waals surface area contributed by atoms with Gasteiger partial charge in [0.15, 0.2) is 0 Å². The minimum atomic E-state index is -1.03. The number of piperidine rings is 1. The molecule has 2 rings (SSSR count). The summed E-state index contributed by atoms with van der Waals surface area (Å²) in [5, 5.41) is 11.0. The largest absolute Gasteiger partial charge is 0.475 e. The zero-order chi connectivity index (χ0) is 12.3. The van der Waals surface area contributed by atoms with E-state index in [-0.39, 0.29) is 11.8 Å². The fourth-order valence-electron chi connectivity index (χ4n) is 2.06. The van der Waals surface area contributed by atoms with Crippen molar-refractivity contribution >= 4 is 5.97 Å². The lowest BCUT2D eigenvalue weighted by Crippen LogP contribution is -2.42. The van der Waals surface area contributed by atoms with Crippen LogP contribution in [0.5, 0.6) is 0 Å². The predicted molar refractivity (Wildman–Crippen MR) is 62.6 cm³/mol. The molecule has 0 amide bonds. The van der Waals surface area contributed by atoms with Crippen molar-refractivity contribution in [1.29, 1.82) is 0 Å². The lowest BCUT2D eigenvalue weighted by Gasteiger charge is -2.29. The second kappa shape index (κ2) is 5.33. The lowest BCUT2D eigenvalue weighted by molar-refractivity contribution is 0.0656. The zero-order valence-electron chi connectivity index (χ0n) is 9.98. The van der Waals surface area contributed by atoms with Crippen LogP contribution in [0, 0.1) is 0 Å². The van der Waals surface area contributed by atoms with Gasteiger partial charge in [0.2, 0.25) is 5.76 Å². The van der Waals surface area contributed by atoms with Crippen LogP contribution in [0.4, 0.5) is 0 Å². The molecule has 0 spiro atoms. The summed E-state index contributed by atoms with van der Waals surface area (Å²) >= 11 is 0.